The molecule has 3 aromatic rings. The lowest BCUT2D eigenvalue weighted by atomic mass is 10.1. The number of amides is 1. The quantitative estimate of drug-likeness (QED) is 0.475. The Balaban J connectivity index is 1.88. The number of nitrogens with zero attached hydrogens (tertiary/aromatic N) is 1. The molecule has 156 valence electrons. The average Bonchev–Trinajstić information content (AvgIpc) is 2.71. The summed E-state index contributed by atoms with van der Waals surface area (Å²) in [5, 5.41) is 3.06. The number of nitrogens with one attached hydrogen (secondary N) is 1. The Hall–Kier alpha value is -2.19. The van der Waals surface area contributed by atoms with Gasteiger partial charge in [0, 0.05) is 11.0 Å². The van der Waals surface area contributed by atoms with Gasteiger partial charge in [-0.05, 0) is 48.9 Å². The maximum absolute atomic E-state index is 13.3. The van der Waals surface area contributed by atoms with E-state index in [1.807, 2.05) is 31.2 Å². The predicted octanol–water partition coefficient (Wildman–Crippen LogP) is 5.24. The van der Waals surface area contributed by atoms with Crippen LogP contribution in [-0.4, -0.2) is 25.2 Å². The molecular formula is C22H20BrClN2O3S. The fourth-order valence-corrected chi connectivity index (χ4v) is 4.62. The van der Waals surface area contributed by atoms with Gasteiger partial charge in [0.05, 0.1) is 22.2 Å². The van der Waals surface area contributed by atoms with E-state index in [1.54, 1.807) is 36.4 Å². The van der Waals surface area contributed by atoms with Crippen molar-refractivity contribution in [3.63, 3.8) is 0 Å². The highest BCUT2D eigenvalue weighted by molar-refractivity contribution is 9.10. The molecule has 8 heteroatoms. The fourth-order valence-electron chi connectivity index (χ4n) is 2.79. The largest absolute Gasteiger partial charge is 0.324 e. The van der Waals surface area contributed by atoms with E-state index in [1.165, 1.54) is 12.1 Å². The third kappa shape index (κ3) is 5.70. The van der Waals surface area contributed by atoms with E-state index in [9.17, 15) is 13.2 Å². The summed E-state index contributed by atoms with van der Waals surface area (Å²) < 4.78 is 28.5. The molecule has 0 unspecified atom stereocenters. The van der Waals surface area contributed by atoms with Gasteiger partial charge >= 0.3 is 0 Å². The number of anilines is 1. The molecule has 3 rings (SSSR count). The summed E-state index contributed by atoms with van der Waals surface area (Å²) in [7, 11) is -3.90. The number of sulfonamides is 1. The zero-order valence-corrected chi connectivity index (χ0v) is 19.3. The van der Waals surface area contributed by atoms with E-state index in [0.29, 0.717) is 10.7 Å². The van der Waals surface area contributed by atoms with Crippen LogP contribution in [-0.2, 0) is 21.4 Å². The van der Waals surface area contributed by atoms with E-state index in [4.69, 9.17) is 11.6 Å². The van der Waals surface area contributed by atoms with Gasteiger partial charge < -0.3 is 5.32 Å². The summed E-state index contributed by atoms with van der Waals surface area (Å²) in [6.07, 6.45) is 0. The highest BCUT2D eigenvalue weighted by atomic mass is 79.9. The van der Waals surface area contributed by atoms with Crippen molar-refractivity contribution in [1.29, 1.82) is 0 Å². The summed E-state index contributed by atoms with van der Waals surface area (Å²) in [4.78, 5) is 12.8. The number of rotatable bonds is 7. The van der Waals surface area contributed by atoms with Crippen molar-refractivity contribution in [3.05, 3.63) is 93.4 Å². The minimum atomic E-state index is -3.90. The molecule has 1 amide bonds. The van der Waals surface area contributed by atoms with E-state index >= 15 is 0 Å². The van der Waals surface area contributed by atoms with Gasteiger partial charge in [-0.2, -0.15) is 4.31 Å². The number of carbonyl (C=O) groups excluding carboxylic acids is 1. The van der Waals surface area contributed by atoms with Gasteiger partial charge in [0.2, 0.25) is 15.9 Å². The van der Waals surface area contributed by atoms with Crippen LogP contribution in [0, 0.1) is 6.92 Å². The van der Waals surface area contributed by atoms with Crippen molar-refractivity contribution < 1.29 is 13.2 Å². The van der Waals surface area contributed by atoms with Crippen molar-refractivity contribution in [1.82, 2.24) is 4.31 Å². The zero-order valence-electron chi connectivity index (χ0n) is 16.2. The molecule has 0 heterocycles. The molecule has 0 saturated heterocycles. The molecule has 5 nitrogen and oxygen atoms in total. The molecule has 0 aliphatic heterocycles. The standard InChI is InChI=1S/C22H20BrClN2O3S/c1-16-6-8-17(9-7-16)14-26(30(28,29)19-12-10-18(23)11-13-19)15-22(27)25-21-5-3-2-4-20(21)24/h2-13H,14-15H2,1H3,(H,25,27). The number of halogens is 2. The number of aryl methyl sites for hydroxylation is 1. The second-order valence-electron chi connectivity index (χ2n) is 6.74. The van der Waals surface area contributed by atoms with Gasteiger partial charge in [-0.15, -0.1) is 0 Å². The fraction of sp³-hybridized carbons (Fsp3) is 0.136. The summed E-state index contributed by atoms with van der Waals surface area (Å²) in [6, 6.07) is 20.6. The first-order chi connectivity index (χ1) is 14.3. The Kier molecular flexibility index (Phi) is 7.31. The lowest BCUT2D eigenvalue weighted by Gasteiger charge is -2.22. The Morgan fingerprint density at radius 1 is 1.00 bits per heavy atom. The second-order valence-corrected chi connectivity index (χ2v) is 10.0. The Labute approximate surface area is 189 Å². The first kappa shape index (κ1) is 22.5. The minimum Gasteiger partial charge on any atom is -0.324 e. The molecule has 1 N–H and O–H groups in total. The average molecular weight is 508 g/mol. The van der Waals surface area contributed by atoms with Crippen LogP contribution in [0.4, 0.5) is 5.69 Å². The van der Waals surface area contributed by atoms with Gasteiger partial charge in [-0.25, -0.2) is 8.42 Å². The van der Waals surface area contributed by atoms with Gasteiger partial charge in [0.1, 0.15) is 0 Å². The molecule has 0 aliphatic rings. The van der Waals surface area contributed by atoms with Crippen molar-refractivity contribution in [2.75, 3.05) is 11.9 Å². The second kappa shape index (κ2) is 9.75. The Morgan fingerprint density at radius 3 is 2.27 bits per heavy atom. The van der Waals surface area contributed by atoms with Gasteiger partial charge in [-0.1, -0.05) is 69.5 Å². The highest BCUT2D eigenvalue weighted by Crippen LogP contribution is 2.23. The summed E-state index contributed by atoms with van der Waals surface area (Å²) >= 11 is 9.41. The topological polar surface area (TPSA) is 66.5 Å². The monoisotopic (exact) mass is 506 g/mol. The van der Waals surface area contributed by atoms with Crippen LogP contribution < -0.4 is 5.32 Å². The Bertz CT molecular complexity index is 1130. The van der Waals surface area contributed by atoms with Crippen LogP contribution in [0.2, 0.25) is 5.02 Å². The number of para-hydroxylation sites is 1. The van der Waals surface area contributed by atoms with Crippen LogP contribution in [0.5, 0.6) is 0 Å². The normalized spacial score (nSPS) is 11.5. The summed E-state index contributed by atoms with van der Waals surface area (Å²) in [6.45, 7) is 1.67. The maximum Gasteiger partial charge on any atom is 0.243 e. The molecule has 0 radical (unpaired) electrons. The molecule has 0 aromatic heterocycles. The number of hydrogen-bond donors (Lipinski definition) is 1. The summed E-state index contributed by atoms with van der Waals surface area (Å²) in [5.74, 6) is -0.476. The molecule has 0 fully saturated rings. The van der Waals surface area contributed by atoms with E-state index in [0.717, 1.165) is 19.9 Å². The maximum atomic E-state index is 13.3. The predicted molar refractivity (Wildman–Crippen MR) is 123 cm³/mol. The number of hydrogen-bond acceptors (Lipinski definition) is 3. The van der Waals surface area contributed by atoms with Crippen molar-refractivity contribution >= 4 is 49.1 Å². The zero-order chi connectivity index (χ0) is 21.7. The van der Waals surface area contributed by atoms with Crippen LogP contribution in [0.1, 0.15) is 11.1 Å². The van der Waals surface area contributed by atoms with Gasteiger partial charge in [-0.3, -0.25) is 4.79 Å². The van der Waals surface area contributed by atoms with Crippen molar-refractivity contribution in [2.24, 2.45) is 0 Å². The molecule has 0 bridgehead atoms. The summed E-state index contributed by atoms with van der Waals surface area (Å²) in [5.41, 5.74) is 2.28. The van der Waals surface area contributed by atoms with Crippen LogP contribution in [0.3, 0.4) is 0 Å². The van der Waals surface area contributed by atoms with E-state index in [-0.39, 0.29) is 18.0 Å². The molecular weight excluding hydrogens is 488 g/mol. The number of benzene rings is 3. The van der Waals surface area contributed by atoms with E-state index < -0.39 is 15.9 Å². The van der Waals surface area contributed by atoms with Gasteiger partial charge in [0.15, 0.2) is 0 Å². The van der Waals surface area contributed by atoms with Crippen LogP contribution >= 0.6 is 27.5 Å². The molecule has 30 heavy (non-hydrogen) atoms. The van der Waals surface area contributed by atoms with Crippen molar-refractivity contribution in [2.45, 2.75) is 18.4 Å². The minimum absolute atomic E-state index is 0.0641. The molecule has 0 saturated carbocycles. The van der Waals surface area contributed by atoms with Gasteiger partial charge in [0.25, 0.3) is 0 Å². The Morgan fingerprint density at radius 2 is 1.63 bits per heavy atom. The third-order valence-corrected chi connectivity index (χ3v) is 7.06. The lowest BCUT2D eigenvalue weighted by Crippen LogP contribution is -2.37. The van der Waals surface area contributed by atoms with Crippen molar-refractivity contribution in [3.8, 4) is 0 Å². The smallest absolute Gasteiger partial charge is 0.243 e. The number of carbonyl (C=O) groups is 1. The highest BCUT2D eigenvalue weighted by Gasteiger charge is 2.27. The molecule has 3 aromatic carbocycles. The van der Waals surface area contributed by atoms with Crippen LogP contribution in [0.15, 0.2) is 82.2 Å². The molecule has 0 aliphatic carbocycles. The first-order valence-corrected chi connectivity index (χ1v) is 11.7. The third-order valence-electron chi connectivity index (χ3n) is 4.40. The SMILES string of the molecule is Cc1ccc(CN(CC(=O)Nc2ccccc2Cl)S(=O)(=O)c2ccc(Br)cc2)cc1. The molecule has 0 atom stereocenters. The first-order valence-electron chi connectivity index (χ1n) is 9.11. The lowest BCUT2D eigenvalue weighted by molar-refractivity contribution is -0.116. The van der Waals surface area contributed by atoms with E-state index in [2.05, 4.69) is 21.2 Å². The molecule has 0 spiro atoms. The van der Waals surface area contributed by atoms with Crippen LogP contribution in [0.25, 0.3) is 0 Å².